The second-order valence-corrected chi connectivity index (χ2v) is 9.51. The van der Waals surface area contributed by atoms with Gasteiger partial charge in [0.2, 0.25) is 5.88 Å². The first kappa shape index (κ1) is 21.9. The predicted molar refractivity (Wildman–Crippen MR) is 125 cm³/mol. The number of benzene rings is 1. The van der Waals surface area contributed by atoms with Crippen molar-refractivity contribution >= 4 is 29.3 Å². The van der Waals surface area contributed by atoms with E-state index in [4.69, 9.17) is 9.26 Å². The number of halogens is 1. The molecule has 5 rings (SSSR count). The van der Waals surface area contributed by atoms with Crippen LogP contribution in [0.1, 0.15) is 44.0 Å². The van der Waals surface area contributed by atoms with E-state index in [1.165, 1.54) is 6.33 Å². The van der Waals surface area contributed by atoms with E-state index in [9.17, 15) is 4.39 Å². The molecule has 1 saturated heterocycles. The van der Waals surface area contributed by atoms with Crippen molar-refractivity contribution in [1.82, 2.24) is 20.1 Å². The van der Waals surface area contributed by atoms with E-state index >= 15 is 0 Å². The molecule has 4 heterocycles. The first-order chi connectivity index (χ1) is 16.0. The first-order valence-corrected chi connectivity index (χ1v) is 12.5. The minimum absolute atomic E-state index is 0.0308. The molecule has 10 heteroatoms. The number of rotatable bonds is 6. The van der Waals surface area contributed by atoms with Crippen LogP contribution in [0.15, 0.2) is 33.9 Å². The molecule has 0 N–H and O–H groups in total. The molecule has 2 aromatic heterocycles. The monoisotopic (exact) mass is 470 g/mol. The lowest BCUT2D eigenvalue weighted by atomic mass is 10.1. The summed E-state index contributed by atoms with van der Waals surface area (Å²) in [5.74, 6) is 1.90. The summed E-state index contributed by atoms with van der Waals surface area (Å²) in [4.78, 5) is 18.1. The number of fused-ring (bicyclic) bond motifs is 1. The van der Waals surface area contributed by atoms with Crippen LogP contribution in [0.4, 0.5) is 21.9 Å². The van der Waals surface area contributed by atoms with E-state index in [0.717, 1.165) is 48.6 Å². The van der Waals surface area contributed by atoms with Crippen molar-refractivity contribution in [2.75, 3.05) is 35.7 Å². The third-order valence-corrected chi connectivity index (χ3v) is 6.78. The van der Waals surface area contributed by atoms with Crippen molar-refractivity contribution < 1.29 is 13.7 Å². The number of nitrogens with zero attached hydrogens (tertiary/aromatic N) is 6. The van der Waals surface area contributed by atoms with Gasteiger partial charge >= 0.3 is 6.01 Å². The van der Waals surface area contributed by atoms with Crippen LogP contribution in [0.5, 0.6) is 5.88 Å². The number of thioether (sulfide) groups is 1. The Morgan fingerprint density at radius 3 is 2.70 bits per heavy atom. The Morgan fingerprint density at radius 2 is 1.97 bits per heavy atom. The van der Waals surface area contributed by atoms with E-state index in [2.05, 4.69) is 31.1 Å². The maximum atomic E-state index is 14.8. The topological polar surface area (TPSA) is 80.4 Å². The van der Waals surface area contributed by atoms with Crippen molar-refractivity contribution in [1.29, 1.82) is 0 Å². The fourth-order valence-corrected chi connectivity index (χ4v) is 4.76. The zero-order chi connectivity index (χ0) is 22.9. The van der Waals surface area contributed by atoms with E-state index in [0.29, 0.717) is 29.9 Å². The molecule has 174 valence electrons. The van der Waals surface area contributed by atoms with Gasteiger partial charge in [0, 0.05) is 49.4 Å². The highest BCUT2D eigenvalue weighted by atomic mass is 32.2. The molecular formula is C23H27FN6O2S. The van der Waals surface area contributed by atoms with Crippen LogP contribution in [-0.2, 0) is 6.42 Å². The summed E-state index contributed by atoms with van der Waals surface area (Å²) in [6.45, 7) is 6.31. The molecule has 33 heavy (non-hydrogen) atoms. The fraction of sp³-hybridized carbons (Fsp3) is 0.478. The summed E-state index contributed by atoms with van der Waals surface area (Å²) in [5.41, 5.74) is 1.61. The Balaban J connectivity index is 1.24. The predicted octanol–water partition coefficient (Wildman–Crippen LogP) is 4.59. The summed E-state index contributed by atoms with van der Waals surface area (Å²) in [5, 5.41) is 4.05. The normalized spacial score (nSPS) is 16.5. The van der Waals surface area contributed by atoms with Gasteiger partial charge in [-0.1, -0.05) is 19.0 Å². The summed E-state index contributed by atoms with van der Waals surface area (Å²) < 4.78 is 26.4. The Kier molecular flexibility index (Phi) is 6.09. The van der Waals surface area contributed by atoms with Crippen LogP contribution in [0, 0.1) is 5.82 Å². The molecule has 0 saturated carbocycles. The van der Waals surface area contributed by atoms with Gasteiger partial charge < -0.3 is 19.1 Å². The highest BCUT2D eigenvalue weighted by Gasteiger charge is 2.28. The molecular weight excluding hydrogens is 443 g/mol. The maximum absolute atomic E-state index is 14.8. The van der Waals surface area contributed by atoms with Gasteiger partial charge in [-0.2, -0.15) is 4.98 Å². The van der Waals surface area contributed by atoms with Gasteiger partial charge in [0.15, 0.2) is 5.82 Å². The summed E-state index contributed by atoms with van der Waals surface area (Å²) in [6.07, 6.45) is 5.89. The summed E-state index contributed by atoms with van der Waals surface area (Å²) in [6, 6.07) is 6.02. The average molecular weight is 471 g/mol. The van der Waals surface area contributed by atoms with Gasteiger partial charge in [-0.25, -0.2) is 14.4 Å². The van der Waals surface area contributed by atoms with Crippen LogP contribution >= 0.6 is 11.8 Å². The average Bonchev–Trinajstić information content (AvgIpc) is 3.48. The number of hydrogen-bond acceptors (Lipinski definition) is 9. The summed E-state index contributed by atoms with van der Waals surface area (Å²) >= 11 is 1.55. The van der Waals surface area contributed by atoms with Gasteiger partial charge in [-0.3, -0.25) is 0 Å². The number of piperidine rings is 1. The second-order valence-electron chi connectivity index (χ2n) is 8.63. The van der Waals surface area contributed by atoms with Crippen molar-refractivity contribution in [3.05, 3.63) is 41.7 Å². The van der Waals surface area contributed by atoms with E-state index in [1.807, 2.05) is 25.0 Å². The number of anilines is 3. The van der Waals surface area contributed by atoms with E-state index in [-0.39, 0.29) is 17.8 Å². The molecule has 8 nitrogen and oxygen atoms in total. The Labute approximate surface area is 196 Å². The summed E-state index contributed by atoms with van der Waals surface area (Å²) in [7, 11) is 0. The standard InChI is InChI=1S/C23H27FN6O2S/c1-14(2)22-27-23(32-28-22)29-7-5-16(6-8-29)31-20-12-19(25-13-26-20)30-9-4-15-10-17(33-3)11-18(24)21(15)30/h10-14,16H,4-9H2,1-3H3. The smallest absolute Gasteiger partial charge is 0.324 e. The minimum atomic E-state index is -0.218. The lowest BCUT2D eigenvalue weighted by Gasteiger charge is -2.30. The first-order valence-electron chi connectivity index (χ1n) is 11.2. The molecule has 3 aromatic rings. The maximum Gasteiger partial charge on any atom is 0.324 e. The van der Waals surface area contributed by atoms with Gasteiger partial charge in [-0.15, -0.1) is 11.8 Å². The molecule has 0 unspecified atom stereocenters. The molecule has 0 aliphatic carbocycles. The Bertz CT molecular complexity index is 1130. The SMILES string of the molecule is CSc1cc(F)c2c(c1)CCN2c1cc(OC2CCN(c3nc(C(C)C)no3)CC2)ncn1. The molecule has 1 fully saturated rings. The largest absolute Gasteiger partial charge is 0.474 e. The van der Waals surface area contributed by atoms with E-state index < -0.39 is 0 Å². The number of aromatic nitrogens is 4. The van der Waals surface area contributed by atoms with Gasteiger partial charge in [0.05, 0.1) is 5.69 Å². The number of hydrogen-bond donors (Lipinski definition) is 0. The fourth-order valence-electron chi connectivity index (χ4n) is 4.28. The highest BCUT2D eigenvalue weighted by Crippen LogP contribution is 2.38. The van der Waals surface area contributed by atoms with Crippen molar-refractivity contribution in [3.8, 4) is 5.88 Å². The Morgan fingerprint density at radius 1 is 1.15 bits per heavy atom. The van der Waals surface area contributed by atoms with Gasteiger partial charge in [0.1, 0.15) is 24.1 Å². The molecule has 2 aliphatic rings. The second kappa shape index (κ2) is 9.17. The van der Waals surface area contributed by atoms with Gasteiger partial charge in [0.25, 0.3) is 0 Å². The van der Waals surface area contributed by atoms with Crippen LogP contribution in [0.2, 0.25) is 0 Å². The number of ether oxygens (including phenoxy) is 1. The quantitative estimate of drug-likeness (QED) is 0.481. The van der Waals surface area contributed by atoms with Crippen molar-refractivity contribution in [2.24, 2.45) is 0 Å². The van der Waals surface area contributed by atoms with Crippen LogP contribution in [0.25, 0.3) is 0 Å². The van der Waals surface area contributed by atoms with Gasteiger partial charge in [-0.05, 0) is 30.4 Å². The zero-order valence-electron chi connectivity index (χ0n) is 19.0. The third kappa shape index (κ3) is 4.48. The van der Waals surface area contributed by atoms with Crippen LogP contribution in [0.3, 0.4) is 0 Å². The molecule has 0 amide bonds. The third-order valence-electron chi connectivity index (χ3n) is 6.08. The molecule has 0 radical (unpaired) electrons. The van der Waals surface area contributed by atoms with Crippen LogP contribution in [-0.4, -0.2) is 52.1 Å². The van der Waals surface area contributed by atoms with Crippen LogP contribution < -0.4 is 14.5 Å². The van der Waals surface area contributed by atoms with Crippen molar-refractivity contribution in [3.63, 3.8) is 0 Å². The zero-order valence-corrected chi connectivity index (χ0v) is 19.8. The molecule has 1 aromatic carbocycles. The lowest BCUT2D eigenvalue weighted by molar-refractivity contribution is 0.161. The highest BCUT2D eigenvalue weighted by molar-refractivity contribution is 7.98. The Hall–Kier alpha value is -2.88. The molecule has 0 spiro atoms. The minimum Gasteiger partial charge on any atom is -0.474 e. The molecule has 2 aliphatic heterocycles. The molecule has 0 bridgehead atoms. The lowest BCUT2D eigenvalue weighted by Crippen LogP contribution is -2.38. The van der Waals surface area contributed by atoms with Crippen molar-refractivity contribution in [2.45, 2.75) is 50.0 Å². The van der Waals surface area contributed by atoms with E-state index in [1.54, 1.807) is 23.9 Å². The molecule has 0 atom stereocenters.